The summed E-state index contributed by atoms with van der Waals surface area (Å²) in [6, 6.07) is 68.5. The highest BCUT2D eigenvalue weighted by atomic mass is 32.1. The minimum atomic E-state index is 1.11. The summed E-state index contributed by atoms with van der Waals surface area (Å²) in [6.07, 6.45) is 0. The van der Waals surface area contributed by atoms with Crippen LogP contribution in [0.15, 0.2) is 199 Å². The van der Waals surface area contributed by atoms with Gasteiger partial charge in [0.05, 0.1) is 0 Å². The van der Waals surface area contributed by atoms with Gasteiger partial charge in [-0.25, -0.2) is 0 Å². The Morgan fingerprint density at radius 1 is 0.302 bits per heavy atom. The zero-order valence-electron chi connectivity index (χ0n) is 28.8. The average Bonchev–Trinajstić information content (AvgIpc) is 3.87. The monoisotopic (exact) mass is 711 g/mol. The maximum Gasteiger partial charge on any atom is 0.0462 e. The molecule has 2 heterocycles. The Bertz CT molecular complexity index is 2740. The molecule has 0 N–H and O–H groups in total. The number of hydrogen-bond donors (Lipinski definition) is 0. The Kier molecular flexibility index (Phi) is 7.94. The van der Waals surface area contributed by atoms with E-state index < -0.39 is 0 Å². The fourth-order valence-corrected chi connectivity index (χ4v) is 9.40. The Balaban J connectivity index is 0.986. The third-order valence-corrected chi connectivity index (χ3v) is 12.2. The fraction of sp³-hybridized carbons (Fsp3) is 0. The topological polar surface area (TPSA) is 3.24 Å². The van der Waals surface area contributed by atoms with Crippen molar-refractivity contribution in [3.63, 3.8) is 0 Å². The molecule has 0 aliphatic heterocycles. The molecular formula is C50H33NS2. The van der Waals surface area contributed by atoms with Gasteiger partial charge in [-0.05, 0) is 110 Å². The number of rotatable bonds is 7. The van der Waals surface area contributed by atoms with Crippen LogP contribution >= 0.6 is 22.7 Å². The molecule has 10 rings (SSSR count). The highest BCUT2D eigenvalue weighted by molar-refractivity contribution is 7.18. The minimum Gasteiger partial charge on any atom is -0.311 e. The molecule has 0 radical (unpaired) electrons. The van der Waals surface area contributed by atoms with Crippen LogP contribution in [0.25, 0.3) is 75.5 Å². The van der Waals surface area contributed by atoms with Gasteiger partial charge in [-0.3, -0.25) is 0 Å². The predicted molar refractivity (Wildman–Crippen MR) is 231 cm³/mol. The molecule has 10 aromatic rings. The van der Waals surface area contributed by atoms with E-state index in [1.54, 1.807) is 22.7 Å². The maximum atomic E-state index is 2.36. The first-order chi connectivity index (χ1) is 26.2. The molecule has 0 saturated heterocycles. The smallest absolute Gasteiger partial charge is 0.0462 e. The summed E-state index contributed by atoms with van der Waals surface area (Å²) in [7, 11) is 0. The van der Waals surface area contributed by atoms with Crippen LogP contribution < -0.4 is 4.90 Å². The number of nitrogens with zero attached hydrogens (tertiary/aromatic N) is 1. The van der Waals surface area contributed by atoms with Crippen LogP contribution in [0.2, 0.25) is 0 Å². The SMILES string of the molecule is c1ccc2cc(-c3ccc(-c4ccc(N(c5ccc(-c6csc7ccccc67)cc5)c5ccc(-c6csc7ccccc67)cc5)cc4)cc3)ccc2c1. The molecule has 0 atom stereocenters. The quantitative estimate of drug-likeness (QED) is 0.159. The second-order valence-corrected chi connectivity index (χ2v) is 15.2. The third-order valence-electron chi connectivity index (χ3n) is 10.3. The van der Waals surface area contributed by atoms with Crippen molar-refractivity contribution in [2.75, 3.05) is 4.90 Å². The van der Waals surface area contributed by atoms with Crippen LogP contribution in [-0.4, -0.2) is 0 Å². The summed E-state index contributed by atoms with van der Waals surface area (Å²) in [5, 5.41) is 9.69. The first kappa shape index (κ1) is 31.5. The summed E-state index contributed by atoms with van der Waals surface area (Å²) >= 11 is 3.61. The average molecular weight is 712 g/mol. The first-order valence-electron chi connectivity index (χ1n) is 17.9. The van der Waals surface area contributed by atoms with Crippen LogP contribution in [0, 0.1) is 0 Å². The van der Waals surface area contributed by atoms with Gasteiger partial charge < -0.3 is 4.90 Å². The van der Waals surface area contributed by atoms with E-state index in [4.69, 9.17) is 0 Å². The van der Waals surface area contributed by atoms with Crippen molar-refractivity contribution in [1.29, 1.82) is 0 Å². The van der Waals surface area contributed by atoms with E-state index in [0.29, 0.717) is 0 Å². The predicted octanol–water partition coefficient (Wildman–Crippen LogP) is 15.4. The maximum absolute atomic E-state index is 2.36. The molecule has 0 aliphatic rings. The van der Waals surface area contributed by atoms with Crippen LogP contribution in [0.1, 0.15) is 0 Å². The number of benzene rings is 8. The number of hydrogen-bond acceptors (Lipinski definition) is 3. The van der Waals surface area contributed by atoms with E-state index in [1.165, 1.54) is 75.5 Å². The van der Waals surface area contributed by atoms with Crippen molar-refractivity contribution < 1.29 is 0 Å². The molecule has 2 aromatic heterocycles. The molecule has 1 nitrogen and oxygen atoms in total. The van der Waals surface area contributed by atoms with Crippen molar-refractivity contribution in [2.45, 2.75) is 0 Å². The van der Waals surface area contributed by atoms with E-state index in [-0.39, 0.29) is 0 Å². The largest absolute Gasteiger partial charge is 0.311 e. The molecule has 8 aromatic carbocycles. The van der Waals surface area contributed by atoms with Crippen molar-refractivity contribution in [1.82, 2.24) is 0 Å². The van der Waals surface area contributed by atoms with Crippen molar-refractivity contribution in [3.8, 4) is 44.5 Å². The lowest BCUT2D eigenvalue weighted by Gasteiger charge is -2.26. The second-order valence-electron chi connectivity index (χ2n) is 13.4. The highest BCUT2D eigenvalue weighted by Crippen LogP contribution is 2.41. The van der Waals surface area contributed by atoms with Gasteiger partial charge in [0.2, 0.25) is 0 Å². The lowest BCUT2D eigenvalue weighted by atomic mass is 9.98. The lowest BCUT2D eigenvalue weighted by molar-refractivity contribution is 1.28. The normalized spacial score (nSPS) is 11.4. The number of fused-ring (bicyclic) bond motifs is 3. The zero-order chi connectivity index (χ0) is 35.1. The standard InChI is InChI=1S/C50H33NS2/c1-2-8-40-31-41(18-17-34(40)7-1)37-15-13-35(14-16-37)36-19-25-42(26-20-36)51(43-27-21-38(22-28-43)47-32-52-49-11-5-3-9-45(47)49)44-29-23-39(24-30-44)48-33-53-50-12-6-4-10-46(48)50/h1-33H. The van der Waals surface area contributed by atoms with Crippen LogP contribution in [-0.2, 0) is 0 Å². The van der Waals surface area contributed by atoms with E-state index >= 15 is 0 Å². The van der Waals surface area contributed by atoms with E-state index in [0.717, 1.165) is 17.1 Å². The molecule has 0 saturated carbocycles. The number of thiophene rings is 2. The zero-order valence-corrected chi connectivity index (χ0v) is 30.4. The first-order valence-corrected chi connectivity index (χ1v) is 19.6. The van der Waals surface area contributed by atoms with Gasteiger partial charge in [-0.15, -0.1) is 22.7 Å². The summed E-state index contributed by atoms with van der Waals surface area (Å²) < 4.78 is 2.63. The summed E-state index contributed by atoms with van der Waals surface area (Å²) in [6.45, 7) is 0. The highest BCUT2D eigenvalue weighted by Gasteiger charge is 2.15. The van der Waals surface area contributed by atoms with E-state index in [2.05, 4.69) is 204 Å². The Morgan fingerprint density at radius 2 is 0.679 bits per heavy atom. The second kappa shape index (κ2) is 13.4. The third kappa shape index (κ3) is 5.90. The lowest BCUT2D eigenvalue weighted by Crippen LogP contribution is -2.09. The molecule has 250 valence electrons. The molecule has 0 unspecified atom stereocenters. The van der Waals surface area contributed by atoms with Gasteiger partial charge in [-0.1, -0.05) is 133 Å². The molecule has 0 aliphatic carbocycles. The van der Waals surface area contributed by atoms with E-state index in [9.17, 15) is 0 Å². The van der Waals surface area contributed by atoms with Gasteiger partial charge in [0.1, 0.15) is 0 Å². The fourth-order valence-electron chi connectivity index (χ4n) is 7.46. The van der Waals surface area contributed by atoms with Gasteiger partial charge in [-0.2, -0.15) is 0 Å². The van der Waals surface area contributed by atoms with Gasteiger partial charge in [0.25, 0.3) is 0 Å². The van der Waals surface area contributed by atoms with Crippen molar-refractivity contribution in [2.24, 2.45) is 0 Å². The Labute approximate surface area is 317 Å². The van der Waals surface area contributed by atoms with Gasteiger partial charge >= 0.3 is 0 Å². The molecule has 0 fully saturated rings. The summed E-state index contributed by atoms with van der Waals surface area (Å²) in [5.41, 5.74) is 13.2. The molecule has 53 heavy (non-hydrogen) atoms. The number of anilines is 3. The molecule has 0 bridgehead atoms. The van der Waals surface area contributed by atoms with Gasteiger partial charge in [0.15, 0.2) is 0 Å². The van der Waals surface area contributed by atoms with Crippen LogP contribution in [0.5, 0.6) is 0 Å². The summed E-state index contributed by atoms with van der Waals surface area (Å²) in [4.78, 5) is 2.36. The summed E-state index contributed by atoms with van der Waals surface area (Å²) in [5.74, 6) is 0. The Hall–Kier alpha value is -6.26. The van der Waals surface area contributed by atoms with Gasteiger partial charge in [0, 0.05) is 48.4 Å². The Morgan fingerprint density at radius 3 is 1.19 bits per heavy atom. The van der Waals surface area contributed by atoms with E-state index in [1.807, 2.05) is 0 Å². The van der Waals surface area contributed by atoms with Crippen LogP contribution in [0.4, 0.5) is 17.1 Å². The van der Waals surface area contributed by atoms with Crippen molar-refractivity contribution in [3.05, 3.63) is 199 Å². The van der Waals surface area contributed by atoms with Crippen molar-refractivity contribution >= 4 is 70.7 Å². The molecular weight excluding hydrogens is 679 g/mol. The molecule has 0 amide bonds. The molecule has 0 spiro atoms. The minimum absolute atomic E-state index is 1.11. The molecule has 3 heteroatoms. The van der Waals surface area contributed by atoms with Crippen LogP contribution in [0.3, 0.4) is 0 Å².